The molecule has 3 nitrogen and oxygen atoms in total. The maximum absolute atomic E-state index is 9.95. The summed E-state index contributed by atoms with van der Waals surface area (Å²) in [5.74, 6) is 0.308. The average molecular weight is 221 g/mol. The Labute approximate surface area is 96.1 Å². The Morgan fingerprint density at radius 1 is 1.38 bits per heavy atom. The summed E-state index contributed by atoms with van der Waals surface area (Å²) in [7, 11) is 0. The Kier molecular flexibility index (Phi) is 3.17. The molecule has 0 amide bonds. The largest absolute Gasteiger partial charge is 0.508 e. The normalized spacial score (nSPS) is 20.1. The molecule has 0 aliphatic heterocycles. The fourth-order valence-electron chi connectivity index (χ4n) is 2.07. The average Bonchev–Trinajstić information content (AvgIpc) is 2.24. The quantitative estimate of drug-likeness (QED) is 0.728. The van der Waals surface area contributed by atoms with E-state index in [0.717, 1.165) is 24.8 Å². The van der Waals surface area contributed by atoms with Gasteiger partial charge < -0.3 is 15.5 Å². The summed E-state index contributed by atoms with van der Waals surface area (Å²) >= 11 is 0. The smallest absolute Gasteiger partial charge is 0.120 e. The van der Waals surface area contributed by atoms with E-state index in [-0.39, 0.29) is 6.04 Å². The number of aliphatic hydroxyl groups is 1. The van der Waals surface area contributed by atoms with Gasteiger partial charge in [0.2, 0.25) is 0 Å². The molecular formula is C13H19NO2. The highest BCUT2D eigenvalue weighted by molar-refractivity contribution is 5.34. The Balaban J connectivity index is 1.93. The summed E-state index contributed by atoms with van der Waals surface area (Å²) in [5, 5.41) is 22.9. The molecule has 1 fully saturated rings. The molecule has 0 spiro atoms. The lowest BCUT2D eigenvalue weighted by molar-refractivity contribution is -0.0329. The van der Waals surface area contributed by atoms with Crippen LogP contribution in [0.15, 0.2) is 24.3 Å². The number of para-hydroxylation sites is 1. The van der Waals surface area contributed by atoms with Crippen LogP contribution < -0.4 is 5.32 Å². The van der Waals surface area contributed by atoms with Crippen molar-refractivity contribution in [3.05, 3.63) is 29.8 Å². The maximum Gasteiger partial charge on any atom is 0.120 e. The number of nitrogens with one attached hydrogen (secondary N) is 1. The Morgan fingerprint density at radius 3 is 2.62 bits per heavy atom. The van der Waals surface area contributed by atoms with E-state index in [0.29, 0.717) is 12.3 Å². The third kappa shape index (κ3) is 2.36. The minimum Gasteiger partial charge on any atom is -0.508 e. The van der Waals surface area contributed by atoms with Crippen LogP contribution in [0.2, 0.25) is 0 Å². The second kappa shape index (κ2) is 4.44. The van der Waals surface area contributed by atoms with Crippen molar-refractivity contribution in [2.75, 3.05) is 6.54 Å². The van der Waals surface area contributed by atoms with Crippen LogP contribution in [0.5, 0.6) is 5.75 Å². The van der Waals surface area contributed by atoms with Gasteiger partial charge in [0, 0.05) is 18.2 Å². The summed E-state index contributed by atoms with van der Waals surface area (Å²) in [6.07, 6.45) is 2.88. The standard InChI is InChI=1S/C13H19NO2/c1-10(11-5-2-3-6-12(11)15)14-9-13(16)7-4-8-13/h2-3,5-6,10,14-16H,4,7-9H2,1H3. The molecule has 0 aromatic heterocycles. The van der Waals surface area contributed by atoms with Crippen molar-refractivity contribution in [1.82, 2.24) is 5.32 Å². The zero-order valence-corrected chi connectivity index (χ0v) is 9.61. The third-order valence-electron chi connectivity index (χ3n) is 3.42. The molecule has 1 unspecified atom stereocenters. The Bertz CT molecular complexity index is 361. The van der Waals surface area contributed by atoms with Gasteiger partial charge in [-0.15, -0.1) is 0 Å². The molecule has 0 heterocycles. The van der Waals surface area contributed by atoms with Gasteiger partial charge in [-0.3, -0.25) is 0 Å². The van der Waals surface area contributed by atoms with E-state index in [1.807, 2.05) is 25.1 Å². The predicted octanol–water partition coefficient (Wildman–Crippen LogP) is 1.96. The van der Waals surface area contributed by atoms with Gasteiger partial charge in [0.05, 0.1) is 5.60 Å². The van der Waals surface area contributed by atoms with E-state index in [1.165, 1.54) is 0 Å². The van der Waals surface area contributed by atoms with Crippen LogP contribution in [-0.4, -0.2) is 22.4 Å². The van der Waals surface area contributed by atoms with Crippen LogP contribution in [0, 0.1) is 0 Å². The molecule has 0 saturated heterocycles. The number of hydrogen-bond acceptors (Lipinski definition) is 3. The van der Waals surface area contributed by atoms with Crippen LogP contribution in [0.25, 0.3) is 0 Å². The maximum atomic E-state index is 9.95. The lowest BCUT2D eigenvalue weighted by Gasteiger charge is -2.37. The van der Waals surface area contributed by atoms with Gasteiger partial charge >= 0.3 is 0 Å². The molecule has 0 radical (unpaired) electrons. The Hall–Kier alpha value is -1.06. The van der Waals surface area contributed by atoms with E-state index in [9.17, 15) is 10.2 Å². The van der Waals surface area contributed by atoms with Crippen LogP contribution in [-0.2, 0) is 0 Å². The van der Waals surface area contributed by atoms with Gasteiger partial charge in [0.15, 0.2) is 0 Å². The predicted molar refractivity (Wildman–Crippen MR) is 63.3 cm³/mol. The molecule has 1 atom stereocenters. The molecule has 88 valence electrons. The Morgan fingerprint density at radius 2 is 2.06 bits per heavy atom. The van der Waals surface area contributed by atoms with Gasteiger partial charge in [0.25, 0.3) is 0 Å². The van der Waals surface area contributed by atoms with Crippen LogP contribution in [0.3, 0.4) is 0 Å². The van der Waals surface area contributed by atoms with E-state index < -0.39 is 5.60 Å². The van der Waals surface area contributed by atoms with Crippen molar-refractivity contribution in [2.45, 2.75) is 37.8 Å². The number of aromatic hydroxyl groups is 1. The van der Waals surface area contributed by atoms with Gasteiger partial charge in [-0.25, -0.2) is 0 Å². The lowest BCUT2D eigenvalue weighted by atomic mass is 9.80. The minimum atomic E-state index is -0.515. The molecular weight excluding hydrogens is 202 g/mol. The second-order valence-corrected chi connectivity index (χ2v) is 4.74. The van der Waals surface area contributed by atoms with E-state index >= 15 is 0 Å². The van der Waals surface area contributed by atoms with Crippen molar-refractivity contribution in [2.24, 2.45) is 0 Å². The summed E-state index contributed by atoms with van der Waals surface area (Å²) in [6.45, 7) is 2.60. The molecule has 1 aromatic rings. The van der Waals surface area contributed by atoms with E-state index in [1.54, 1.807) is 6.07 Å². The summed E-state index contributed by atoms with van der Waals surface area (Å²) in [6, 6.07) is 7.37. The van der Waals surface area contributed by atoms with Crippen LogP contribution in [0.1, 0.15) is 37.8 Å². The minimum absolute atomic E-state index is 0.0609. The first kappa shape index (κ1) is 11.4. The number of hydrogen-bond donors (Lipinski definition) is 3. The monoisotopic (exact) mass is 221 g/mol. The molecule has 3 N–H and O–H groups in total. The molecule has 2 rings (SSSR count). The van der Waals surface area contributed by atoms with Crippen LogP contribution in [0.4, 0.5) is 0 Å². The second-order valence-electron chi connectivity index (χ2n) is 4.74. The van der Waals surface area contributed by atoms with Gasteiger partial charge in [-0.1, -0.05) is 18.2 Å². The highest BCUT2D eigenvalue weighted by Gasteiger charge is 2.34. The van der Waals surface area contributed by atoms with Crippen molar-refractivity contribution in [3.8, 4) is 5.75 Å². The topological polar surface area (TPSA) is 52.5 Å². The number of phenolic OH excluding ortho intramolecular Hbond substituents is 1. The molecule has 16 heavy (non-hydrogen) atoms. The highest BCUT2D eigenvalue weighted by atomic mass is 16.3. The van der Waals surface area contributed by atoms with Crippen molar-refractivity contribution < 1.29 is 10.2 Å². The first-order valence-electron chi connectivity index (χ1n) is 5.84. The molecule has 0 bridgehead atoms. The molecule has 1 aliphatic rings. The fraction of sp³-hybridized carbons (Fsp3) is 0.538. The first-order chi connectivity index (χ1) is 7.61. The van der Waals surface area contributed by atoms with E-state index in [2.05, 4.69) is 5.32 Å². The van der Waals surface area contributed by atoms with E-state index in [4.69, 9.17) is 0 Å². The molecule has 1 saturated carbocycles. The molecule has 3 heteroatoms. The SMILES string of the molecule is CC(NCC1(O)CCC1)c1ccccc1O. The number of rotatable bonds is 4. The fourth-order valence-corrected chi connectivity index (χ4v) is 2.07. The van der Waals surface area contributed by atoms with Crippen molar-refractivity contribution >= 4 is 0 Å². The summed E-state index contributed by atoms with van der Waals surface area (Å²) in [5.41, 5.74) is 0.365. The number of benzene rings is 1. The van der Waals surface area contributed by atoms with Crippen molar-refractivity contribution in [3.63, 3.8) is 0 Å². The third-order valence-corrected chi connectivity index (χ3v) is 3.42. The lowest BCUT2D eigenvalue weighted by Crippen LogP contribution is -2.46. The van der Waals surface area contributed by atoms with Crippen molar-refractivity contribution in [1.29, 1.82) is 0 Å². The summed E-state index contributed by atoms with van der Waals surface area (Å²) in [4.78, 5) is 0. The molecule has 1 aliphatic carbocycles. The zero-order chi connectivity index (χ0) is 11.6. The van der Waals surface area contributed by atoms with Gasteiger partial charge in [-0.05, 0) is 32.3 Å². The van der Waals surface area contributed by atoms with Gasteiger partial charge in [-0.2, -0.15) is 0 Å². The summed E-state index contributed by atoms with van der Waals surface area (Å²) < 4.78 is 0. The van der Waals surface area contributed by atoms with Crippen LogP contribution >= 0.6 is 0 Å². The zero-order valence-electron chi connectivity index (χ0n) is 9.61. The first-order valence-corrected chi connectivity index (χ1v) is 5.84. The highest BCUT2D eigenvalue weighted by Crippen LogP contribution is 2.32. The van der Waals surface area contributed by atoms with Gasteiger partial charge in [0.1, 0.15) is 5.75 Å². The number of phenols is 1. The molecule has 1 aromatic carbocycles.